The Bertz CT molecular complexity index is 1280. The number of hydrogen-bond acceptors (Lipinski definition) is 5. The molecule has 6 nitrogen and oxygen atoms in total. The summed E-state index contributed by atoms with van der Waals surface area (Å²) in [5.41, 5.74) is 5.12. The molecule has 2 amide bonds. The van der Waals surface area contributed by atoms with Crippen LogP contribution in [0, 0.1) is 13.8 Å². The number of amidine groups is 1. The first-order valence-corrected chi connectivity index (χ1v) is 12.3. The average molecular weight is 486 g/mol. The number of nitrogens with zero attached hydrogens (tertiary/aromatic N) is 2. The highest BCUT2D eigenvalue weighted by molar-refractivity contribution is 8.15. The Morgan fingerprint density at radius 2 is 1.66 bits per heavy atom. The SMILES string of the molecule is CC(=O)c1ccc(NC(=O)CC2SC(=Nc3ccccc3C)N(Cc3ccc(C)cc3)C2=O)cc1. The van der Waals surface area contributed by atoms with Crippen molar-refractivity contribution in [2.45, 2.75) is 39.0 Å². The van der Waals surface area contributed by atoms with E-state index in [0.29, 0.717) is 23.0 Å². The number of aryl methyl sites for hydroxylation is 2. The summed E-state index contributed by atoms with van der Waals surface area (Å²) in [6.45, 7) is 5.89. The third kappa shape index (κ3) is 6.05. The van der Waals surface area contributed by atoms with Gasteiger partial charge in [-0.05, 0) is 62.2 Å². The van der Waals surface area contributed by atoms with Crippen LogP contribution in [0.1, 0.15) is 40.4 Å². The van der Waals surface area contributed by atoms with Gasteiger partial charge in [0.25, 0.3) is 0 Å². The zero-order valence-corrected chi connectivity index (χ0v) is 20.8. The monoisotopic (exact) mass is 485 g/mol. The molecule has 1 aliphatic rings. The quantitative estimate of drug-likeness (QED) is 0.438. The summed E-state index contributed by atoms with van der Waals surface area (Å²) in [6.07, 6.45) is 0.0230. The van der Waals surface area contributed by atoms with E-state index in [1.54, 1.807) is 29.2 Å². The van der Waals surface area contributed by atoms with Crippen molar-refractivity contribution in [2.75, 3.05) is 5.32 Å². The standard InChI is InChI=1S/C28H27N3O3S/c1-18-8-10-21(11-9-18)17-31-27(34)25(35-28(31)30-24-7-5-4-6-19(24)2)16-26(33)29-23-14-12-22(13-15-23)20(3)32/h4-15,25H,16-17H2,1-3H3,(H,29,33). The van der Waals surface area contributed by atoms with Crippen molar-refractivity contribution >= 4 is 45.9 Å². The lowest BCUT2D eigenvalue weighted by molar-refractivity contribution is -0.128. The number of ketones is 1. The fourth-order valence-corrected chi connectivity index (χ4v) is 4.86. The highest BCUT2D eigenvalue weighted by Crippen LogP contribution is 2.33. The molecule has 3 aromatic carbocycles. The van der Waals surface area contributed by atoms with E-state index in [4.69, 9.17) is 4.99 Å². The molecule has 1 atom stereocenters. The van der Waals surface area contributed by atoms with Crippen molar-refractivity contribution in [2.24, 2.45) is 4.99 Å². The molecule has 0 aromatic heterocycles. The van der Waals surface area contributed by atoms with Crippen LogP contribution >= 0.6 is 11.8 Å². The van der Waals surface area contributed by atoms with Crippen LogP contribution in [0.5, 0.6) is 0 Å². The van der Waals surface area contributed by atoms with Crippen LogP contribution < -0.4 is 5.32 Å². The molecule has 0 saturated carbocycles. The topological polar surface area (TPSA) is 78.8 Å². The van der Waals surface area contributed by atoms with Crippen molar-refractivity contribution < 1.29 is 14.4 Å². The minimum absolute atomic E-state index is 0.0230. The summed E-state index contributed by atoms with van der Waals surface area (Å²) in [4.78, 5) is 44.1. The summed E-state index contributed by atoms with van der Waals surface area (Å²) < 4.78 is 0. The van der Waals surface area contributed by atoms with E-state index >= 15 is 0 Å². The summed E-state index contributed by atoms with van der Waals surface area (Å²) >= 11 is 1.32. The number of carbonyl (C=O) groups excluding carboxylic acids is 3. The van der Waals surface area contributed by atoms with Crippen molar-refractivity contribution in [1.82, 2.24) is 4.90 Å². The van der Waals surface area contributed by atoms with Crippen LogP contribution in [0.15, 0.2) is 77.8 Å². The first-order chi connectivity index (χ1) is 16.8. The molecule has 3 aromatic rings. The first kappa shape index (κ1) is 24.4. The number of Topliss-reactive ketones (excluding diaryl/α,β-unsaturated/α-hetero) is 1. The molecule has 0 spiro atoms. The second-order valence-electron chi connectivity index (χ2n) is 8.58. The number of aliphatic imine (C=N–C) groups is 1. The lowest BCUT2D eigenvalue weighted by Gasteiger charge is -2.17. The zero-order chi connectivity index (χ0) is 24.9. The van der Waals surface area contributed by atoms with E-state index in [1.165, 1.54) is 18.7 Å². The number of amides is 2. The van der Waals surface area contributed by atoms with Crippen molar-refractivity contribution in [3.05, 3.63) is 95.1 Å². The van der Waals surface area contributed by atoms with Gasteiger partial charge in [-0.3, -0.25) is 19.3 Å². The van der Waals surface area contributed by atoms with Gasteiger partial charge < -0.3 is 5.32 Å². The van der Waals surface area contributed by atoms with Gasteiger partial charge in [0.2, 0.25) is 11.8 Å². The van der Waals surface area contributed by atoms with E-state index in [9.17, 15) is 14.4 Å². The van der Waals surface area contributed by atoms with E-state index in [1.807, 2.05) is 62.4 Å². The number of benzene rings is 3. The maximum absolute atomic E-state index is 13.4. The third-order valence-electron chi connectivity index (χ3n) is 5.76. The van der Waals surface area contributed by atoms with Gasteiger partial charge in [-0.25, -0.2) is 4.99 Å². The Labute approximate surface area is 209 Å². The predicted octanol–water partition coefficient (Wildman–Crippen LogP) is 5.67. The van der Waals surface area contributed by atoms with Crippen LogP contribution in [0.4, 0.5) is 11.4 Å². The zero-order valence-electron chi connectivity index (χ0n) is 19.9. The molecule has 4 rings (SSSR count). The number of rotatable bonds is 7. The fraction of sp³-hybridized carbons (Fsp3) is 0.214. The Balaban J connectivity index is 1.53. The van der Waals surface area contributed by atoms with Crippen LogP contribution in [0.2, 0.25) is 0 Å². The van der Waals surface area contributed by atoms with Gasteiger partial charge in [0.05, 0.1) is 12.2 Å². The van der Waals surface area contributed by atoms with Crippen LogP contribution in [-0.2, 0) is 16.1 Å². The molecule has 0 bridgehead atoms. The summed E-state index contributed by atoms with van der Waals surface area (Å²) in [6, 6.07) is 22.5. The minimum atomic E-state index is -0.570. The van der Waals surface area contributed by atoms with Crippen LogP contribution in [0.3, 0.4) is 0 Å². The lowest BCUT2D eigenvalue weighted by atomic mass is 10.1. The lowest BCUT2D eigenvalue weighted by Crippen LogP contribution is -2.33. The van der Waals surface area contributed by atoms with Gasteiger partial charge >= 0.3 is 0 Å². The molecular weight excluding hydrogens is 458 g/mol. The molecule has 1 aliphatic heterocycles. The summed E-state index contributed by atoms with van der Waals surface area (Å²) in [7, 11) is 0. The van der Waals surface area contributed by atoms with Gasteiger partial charge in [-0.1, -0.05) is 59.8 Å². The van der Waals surface area contributed by atoms with Crippen molar-refractivity contribution in [1.29, 1.82) is 0 Å². The van der Waals surface area contributed by atoms with Crippen LogP contribution in [-0.4, -0.2) is 32.9 Å². The number of nitrogens with one attached hydrogen (secondary N) is 1. The predicted molar refractivity (Wildman–Crippen MR) is 141 cm³/mol. The highest BCUT2D eigenvalue weighted by atomic mass is 32.2. The van der Waals surface area contributed by atoms with Gasteiger partial charge in [0.1, 0.15) is 5.25 Å². The normalized spacial score (nSPS) is 16.5. The Kier molecular flexibility index (Phi) is 7.46. The van der Waals surface area contributed by atoms with Crippen molar-refractivity contribution in [3.8, 4) is 0 Å². The minimum Gasteiger partial charge on any atom is -0.326 e. The molecule has 7 heteroatoms. The number of thioether (sulfide) groups is 1. The third-order valence-corrected chi connectivity index (χ3v) is 6.93. The van der Waals surface area contributed by atoms with Gasteiger partial charge in [0, 0.05) is 17.7 Å². The molecule has 1 heterocycles. The smallest absolute Gasteiger partial charge is 0.242 e. The molecule has 1 unspecified atom stereocenters. The van der Waals surface area contributed by atoms with E-state index in [0.717, 1.165) is 22.4 Å². The average Bonchev–Trinajstić information content (AvgIpc) is 3.11. The van der Waals surface area contributed by atoms with Gasteiger partial charge in [-0.15, -0.1) is 0 Å². The van der Waals surface area contributed by atoms with Gasteiger partial charge in [0.15, 0.2) is 11.0 Å². The van der Waals surface area contributed by atoms with Crippen molar-refractivity contribution in [3.63, 3.8) is 0 Å². The first-order valence-electron chi connectivity index (χ1n) is 11.4. The maximum atomic E-state index is 13.4. The second-order valence-corrected chi connectivity index (χ2v) is 9.75. The largest absolute Gasteiger partial charge is 0.326 e. The maximum Gasteiger partial charge on any atom is 0.242 e. The molecule has 0 radical (unpaired) electrons. The van der Waals surface area contributed by atoms with Crippen LogP contribution in [0.25, 0.3) is 0 Å². The number of para-hydroxylation sites is 1. The molecule has 0 aliphatic carbocycles. The number of carbonyl (C=O) groups is 3. The molecule has 178 valence electrons. The summed E-state index contributed by atoms with van der Waals surface area (Å²) in [5.74, 6) is -0.436. The number of hydrogen-bond donors (Lipinski definition) is 1. The van der Waals surface area contributed by atoms with E-state index in [2.05, 4.69) is 5.32 Å². The molecule has 35 heavy (non-hydrogen) atoms. The molecule has 1 saturated heterocycles. The Hall–Kier alpha value is -3.71. The number of anilines is 1. The van der Waals surface area contributed by atoms with E-state index < -0.39 is 5.25 Å². The van der Waals surface area contributed by atoms with E-state index in [-0.39, 0.29) is 24.0 Å². The molecular formula is C28H27N3O3S. The highest BCUT2D eigenvalue weighted by Gasteiger charge is 2.39. The Morgan fingerprint density at radius 1 is 0.971 bits per heavy atom. The molecule has 1 N–H and O–H groups in total. The Morgan fingerprint density at radius 3 is 2.31 bits per heavy atom. The van der Waals surface area contributed by atoms with Gasteiger partial charge in [-0.2, -0.15) is 0 Å². The summed E-state index contributed by atoms with van der Waals surface area (Å²) in [5, 5.41) is 2.85. The fourth-order valence-electron chi connectivity index (χ4n) is 3.71. The molecule has 1 fully saturated rings. The second kappa shape index (κ2) is 10.7.